The van der Waals surface area contributed by atoms with Crippen molar-refractivity contribution in [1.29, 1.82) is 0 Å². The van der Waals surface area contributed by atoms with E-state index in [-0.39, 0.29) is 5.91 Å². The number of unbranched alkanes of at least 4 members (excludes halogenated alkanes) is 1. The molecule has 2 nitrogen and oxygen atoms in total. The van der Waals surface area contributed by atoms with E-state index in [0.29, 0.717) is 0 Å². The van der Waals surface area contributed by atoms with Gasteiger partial charge in [0.15, 0.2) is 0 Å². The van der Waals surface area contributed by atoms with Crippen LogP contribution in [0.3, 0.4) is 0 Å². The number of carbonyl (C=O) groups excluding carboxylic acids is 1. The average molecular weight is 312 g/mol. The Morgan fingerprint density at radius 2 is 2.00 bits per heavy atom. The van der Waals surface area contributed by atoms with E-state index >= 15 is 0 Å². The van der Waals surface area contributed by atoms with E-state index in [4.69, 9.17) is 0 Å². The Morgan fingerprint density at radius 1 is 1.28 bits per heavy atom. The Labute approximate surface area is 119 Å². The van der Waals surface area contributed by atoms with Crippen LogP contribution in [0.25, 0.3) is 0 Å². The Bertz CT molecular complexity index is 403. The predicted octanol–water partition coefficient (Wildman–Crippen LogP) is 3.94. The molecule has 0 unspecified atom stereocenters. The number of benzene rings is 1. The molecule has 0 spiro atoms. The number of hydrogen-bond donors (Lipinski definition) is 0. The van der Waals surface area contributed by atoms with Gasteiger partial charge in [-0.2, -0.15) is 0 Å². The fraction of sp³-hybridized carbons (Fsp3) is 0.533. The molecule has 0 aliphatic heterocycles. The number of amides is 1. The molecule has 0 atom stereocenters. The van der Waals surface area contributed by atoms with Gasteiger partial charge < -0.3 is 4.90 Å². The average Bonchev–Trinajstić information content (AvgIpc) is 2.33. The number of nitrogens with zero attached hydrogens (tertiary/aromatic N) is 1. The maximum absolute atomic E-state index is 12.5. The minimum absolute atomic E-state index is 0.153. The van der Waals surface area contributed by atoms with Crippen LogP contribution in [-0.4, -0.2) is 29.2 Å². The van der Waals surface area contributed by atoms with Crippen LogP contribution in [0.15, 0.2) is 18.2 Å². The SMILES string of the molecule is CCCCN(CCBr)C(=O)c1ccc(C)cc1C. The molecule has 0 saturated heterocycles. The lowest BCUT2D eigenvalue weighted by Crippen LogP contribution is -2.34. The van der Waals surface area contributed by atoms with Crippen molar-refractivity contribution in [2.24, 2.45) is 0 Å². The topological polar surface area (TPSA) is 20.3 Å². The van der Waals surface area contributed by atoms with E-state index in [2.05, 4.69) is 35.8 Å². The second-order valence-corrected chi connectivity index (χ2v) is 5.45. The van der Waals surface area contributed by atoms with Crippen LogP contribution in [-0.2, 0) is 0 Å². The Balaban J connectivity index is 2.87. The third-order valence-electron chi connectivity index (χ3n) is 3.04. The maximum atomic E-state index is 12.5. The lowest BCUT2D eigenvalue weighted by atomic mass is 10.0. The minimum atomic E-state index is 0.153. The van der Waals surface area contributed by atoms with Crippen LogP contribution in [0.5, 0.6) is 0 Å². The van der Waals surface area contributed by atoms with E-state index in [1.54, 1.807) is 0 Å². The first-order valence-electron chi connectivity index (χ1n) is 6.52. The van der Waals surface area contributed by atoms with Crippen molar-refractivity contribution in [1.82, 2.24) is 4.90 Å². The van der Waals surface area contributed by atoms with E-state index in [1.165, 1.54) is 5.56 Å². The smallest absolute Gasteiger partial charge is 0.254 e. The molecule has 0 fully saturated rings. The third-order valence-corrected chi connectivity index (χ3v) is 3.39. The van der Waals surface area contributed by atoms with E-state index in [9.17, 15) is 4.79 Å². The Morgan fingerprint density at radius 3 is 2.56 bits per heavy atom. The highest BCUT2D eigenvalue weighted by Gasteiger charge is 2.16. The van der Waals surface area contributed by atoms with Gasteiger partial charge in [-0.05, 0) is 31.9 Å². The van der Waals surface area contributed by atoms with Gasteiger partial charge in [-0.25, -0.2) is 0 Å². The van der Waals surface area contributed by atoms with Crippen LogP contribution in [0.1, 0.15) is 41.3 Å². The molecule has 0 aliphatic rings. The zero-order valence-electron chi connectivity index (χ0n) is 11.5. The molecular weight excluding hydrogens is 290 g/mol. The first-order valence-corrected chi connectivity index (χ1v) is 7.64. The van der Waals surface area contributed by atoms with Crippen LogP contribution >= 0.6 is 15.9 Å². The molecule has 1 amide bonds. The van der Waals surface area contributed by atoms with Gasteiger partial charge in [0.2, 0.25) is 0 Å². The van der Waals surface area contributed by atoms with Crippen LogP contribution in [0.4, 0.5) is 0 Å². The van der Waals surface area contributed by atoms with Crippen LogP contribution in [0, 0.1) is 13.8 Å². The first-order chi connectivity index (χ1) is 8.60. The summed E-state index contributed by atoms with van der Waals surface area (Å²) in [5.74, 6) is 0.153. The fourth-order valence-electron chi connectivity index (χ4n) is 1.99. The second-order valence-electron chi connectivity index (χ2n) is 4.65. The number of hydrogen-bond acceptors (Lipinski definition) is 1. The Hall–Kier alpha value is -0.830. The standard InChI is InChI=1S/C15H22BrNO/c1-4-5-9-17(10-8-16)15(18)14-7-6-12(2)11-13(14)3/h6-7,11H,4-5,8-10H2,1-3H3. The van der Waals surface area contributed by atoms with E-state index in [1.807, 2.05) is 24.0 Å². The van der Waals surface area contributed by atoms with Crippen molar-refractivity contribution in [3.05, 3.63) is 34.9 Å². The summed E-state index contributed by atoms with van der Waals surface area (Å²) in [5, 5.41) is 0.827. The zero-order valence-corrected chi connectivity index (χ0v) is 13.1. The molecule has 0 aliphatic carbocycles. The van der Waals surface area contributed by atoms with Gasteiger partial charge in [-0.1, -0.05) is 47.0 Å². The monoisotopic (exact) mass is 311 g/mol. The molecule has 0 bridgehead atoms. The van der Waals surface area contributed by atoms with Gasteiger partial charge in [0, 0.05) is 24.0 Å². The molecule has 0 saturated carbocycles. The molecule has 1 aromatic carbocycles. The highest BCUT2D eigenvalue weighted by molar-refractivity contribution is 9.09. The van der Waals surface area contributed by atoms with Crippen molar-refractivity contribution in [3.8, 4) is 0 Å². The van der Waals surface area contributed by atoms with E-state index < -0.39 is 0 Å². The van der Waals surface area contributed by atoms with Gasteiger partial charge >= 0.3 is 0 Å². The van der Waals surface area contributed by atoms with Gasteiger partial charge in [-0.15, -0.1) is 0 Å². The largest absolute Gasteiger partial charge is 0.338 e. The van der Waals surface area contributed by atoms with Gasteiger partial charge in [-0.3, -0.25) is 4.79 Å². The summed E-state index contributed by atoms with van der Waals surface area (Å²) >= 11 is 3.42. The summed E-state index contributed by atoms with van der Waals surface area (Å²) in [6.07, 6.45) is 2.17. The molecule has 0 heterocycles. The highest BCUT2D eigenvalue weighted by atomic mass is 79.9. The van der Waals surface area contributed by atoms with Crippen LogP contribution < -0.4 is 0 Å². The summed E-state index contributed by atoms with van der Waals surface area (Å²) < 4.78 is 0. The number of carbonyl (C=O) groups is 1. The molecule has 1 rings (SSSR count). The van der Waals surface area contributed by atoms with Crippen molar-refractivity contribution >= 4 is 21.8 Å². The van der Waals surface area contributed by atoms with Gasteiger partial charge in [0.05, 0.1) is 0 Å². The van der Waals surface area contributed by atoms with Crippen molar-refractivity contribution in [2.75, 3.05) is 18.4 Å². The quantitative estimate of drug-likeness (QED) is 0.729. The highest BCUT2D eigenvalue weighted by Crippen LogP contribution is 2.14. The summed E-state index contributed by atoms with van der Waals surface area (Å²) in [6.45, 7) is 7.81. The number of alkyl halides is 1. The number of aryl methyl sites for hydroxylation is 2. The van der Waals surface area contributed by atoms with E-state index in [0.717, 1.165) is 42.4 Å². The lowest BCUT2D eigenvalue weighted by Gasteiger charge is -2.22. The molecule has 0 aromatic heterocycles. The number of halogens is 1. The first kappa shape index (κ1) is 15.2. The van der Waals surface area contributed by atoms with Gasteiger partial charge in [0.1, 0.15) is 0 Å². The molecular formula is C15H22BrNO. The van der Waals surface area contributed by atoms with Crippen molar-refractivity contribution < 1.29 is 4.79 Å². The molecule has 100 valence electrons. The molecule has 0 N–H and O–H groups in total. The predicted molar refractivity (Wildman–Crippen MR) is 80.5 cm³/mol. The molecule has 0 radical (unpaired) electrons. The molecule has 3 heteroatoms. The maximum Gasteiger partial charge on any atom is 0.254 e. The molecule has 1 aromatic rings. The Kier molecular flexibility index (Phi) is 6.41. The molecule has 18 heavy (non-hydrogen) atoms. The fourth-order valence-corrected chi connectivity index (χ4v) is 2.42. The van der Waals surface area contributed by atoms with Crippen molar-refractivity contribution in [2.45, 2.75) is 33.6 Å². The second kappa shape index (κ2) is 7.57. The van der Waals surface area contributed by atoms with Crippen molar-refractivity contribution in [3.63, 3.8) is 0 Å². The van der Waals surface area contributed by atoms with Gasteiger partial charge in [0.25, 0.3) is 5.91 Å². The normalized spacial score (nSPS) is 10.4. The third kappa shape index (κ3) is 4.13. The zero-order chi connectivity index (χ0) is 13.5. The lowest BCUT2D eigenvalue weighted by molar-refractivity contribution is 0.0763. The van der Waals surface area contributed by atoms with Crippen LogP contribution in [0.2, 0.25) is 0 Å². The summed E-state index contributed by atoms with van der Waals surface area (Å²) in [7, 11) is 0. The summed E-state index contributed by atoms with van der Waals surface area (Å²) in [5.41, 5.74) is 3.10. The summed E-state index contributed by atoms with van der Waals surface area (Å²) in [4.78, 5) is 14.4. The number of rotatable bonds is 6. The minimum Gasteiger partial charge on any atom is -0.338 e. The summed E-state index contributed by atoms with van der Waals surface area (Å²) in [6, 6.07) is 6.02.